The van der Waals surface area contributed by atoms with E-state index in [4.69, 9.17) is 0 Å². The molecule has 28 heavy (non-hydrogen) atoms. The number of nitro groups is 2. The number of hydrogen-bond donors (Lipinski definition) is 1. The maximum Gasteiger partial charge on any atom is 0.298 e. The topological polar surface area (TPSA) is 158 Å². The normalized spacial score (nSPS) is 10.3. The van der Waals surface area contributed by atoms with Gasteiger partial charge in [-0.1, -0.05) is 23.5 Å². The minimum absolute atomic E-state index is 0.0217. The van der Waals surface area contributed by atoms with Crippen LogP contribution in [0.5, 0.6) is 0 Å². The van der Waals surface area contributed by atoms with Gasteiger partial charge < -0.3 is 0 Å². The number of amides is 1. The number of carbonyl (C=O) groups excluding carboxylic acids is 2. The van der Waals surface area contributed by atoms with Crippen LogP contribution in [0.4, 0.5) is 16.5 Å². The molecule has 3 aromatic rings. The Morgan fingerprint density at radius 3 is 2.25 bits per heavy atom. The van der Waals surface area contributed by atoms with Gasteiger partial charge in [-0.2, -0.15) is 0 Å². The smallest absolute Gasteiger partial charge is 0.293 e. The van der Waals surface area contributed by atoms with Gasteiger partial charge in [-0.25, -0.2) is 0 Å². The van der Waals surface area contributed by atoms with E-state index in [-0.39, 0.29) is 22.1 Å². The lowest BCUT2D eigenvalue weighted by Gasteiger charge is -2.00. The van der Waals surface area contributed by atoms with Crippen molar-refractivity contribution in [2.75, 3.05) is 5.32 Å². The predicted molar refractivity (Wildman–Crippen MR) is 98.1 cm³/mol. The van der Waals surface area contributed by atoms with Gasteiger partial charge in [-0.15, -0.1) is 10.2 Å². The fourth-order valence-electron chi connectivity index (χ4n) is 2.16. The summed E-state index contributed by atoms with van der Waals surface area (Å²) in [6, 6.07) is 10.3. The van der Waals surface area contributed by atoms with E-state index in [9.17, 15) is 29.8 Å². The van der Waals surface area contributed by atoms with E-state index < -0.39 is 21.5 Å². The van der Waals surface area contributed by atoms with Gasteiger partial charge in [-0.3, -0.25) is 35.1 Å². The third kappa shape index (κ3) is 4.02. The average molecular weight is 399 g/mol. The van der Waals surface area contributed by atoms with Crippen LogP contribution >= 0.6 is 11.3 Å². The molecule has 0 aliphatic rings. The van der Waals surface area contributed by atoms with Gasteiger partial charge in [0.25, 0.3) is 23.1 Å². The van der Waals surface area contributed by atoms with Crippen LogP contribution in [0.1, 0.15) is 10.4 Å². The van der Waals surface area contributed by atoms with E-state index in [0.29, 0.717) is 10.6 Å². The zero-order valence-electron chi connectivity index (χ0n) is 13.8. The van der Waals surface area contributed by atoms with Crippen molar-refractivity contribution in [2.45, 2.75) is 0 Å². The summed E-state index contributed by atoms with van der Waals surface area (Å²) in [5.74, 6) is -1.89. The molecule has 12 heteroatoms. The van der Waals surface area contributed by atoms with Crippen LogP contribution in [0, 0.1) is 20.2 Å². The van der Waals surface area contributed by atoms with E-state index >= 15 is 0 Å². The molecule has 0 aliphatic carbocycles. The van der Waals surface area contributed by atoms with Crippen molar-refractivity contribution in [1.82, 2.24) is 10.2 Å². The highest BCUT2D eigenvalue weighted by molar-refractivity contribution is 7.18. The highest BCUT2D eigenvalue weighted by Gasteiger charge is 2.20. The van der Waals surface area contributed by atoms with Gasteiger partial charge in [0.05, 0.1) is 9.85 Å². The Hall–Kier alpha value is -4.06. The van der Waals surface area contributed by atoms with Gasteiger partial charge in [0.1, 0.15) is 5.01 Å². The van der Waals surface area contributed by atoms with Crippen molar-refractivity contribution in [3.63, 3.8) is 0 Å². The first-order valence-electron chi connectivity index (χ1n) is 7.53. The highest BCUT2D eigenvalue weighted by atomic mass is 32.1. The molecule has 0 fully saturated rings. The summed E-state index contributed by atoms with van der Waals surface area (Å²) >= 11 is 0.935. The lowest BCUT2D eigenvalue weighted by Crippen LogP contribution is -2.22. The second kappa shape index (κ2) is 7.67. The molecular weight excluding hydrogens is 390 g/mol. The first-order valence-corrected chi connectivity index (χ1v) is 8.35. The third-order valence-electron chi connectivity index (χ3n) is 3.50. The van der Waals surface area contributed by atoms with E-state index in [2.05, 4.69) is 15.5 Å². The number of non-ortho nitro benzene ring substituents is 2. The van der Waals surface area contributed by atoms with Gasteiger partial charge >= 0.3 is 0 Å². The number of aromatic nitrogens is 2. The Balaban J connectivity index is 1.73. The van der Waals surface area contributed by atoms with Gasteiger partial charge in [0, 0.05) is 35.4 Å². The van der Waals surface area contributed by atoms with Crippen LogP contribution in [0.2, 0.25) is 0 Å². The number of nitrogens with zero attached hydrogens (tertiary/aromatic N) is 4. The van der Waals surface area contributed by atoms with Gasteiger partial charge in [-0.05, 0) is 12.1 Å². The molecule has 0 saturated carbocycles. The lowest BCUT2D eigenvalue weighted by atomic mass is 10.1. The maximum absolute atomic E-state index is 12.1. The van der Waals surface area contributed by atoms with Crippen LogP contribution in [0.25, 0.3) is 10.6 Å². The number of benzene rings is 2. The number of hydrogen-bond acceptors (Lipinski definition) is 9. The molecule has 0 spiro atoms. The summed E-state index contributed by atoms with van der Waals surface area (Å²) in [5.41, 5.74) is 0.0923. The Morgan fingerprint density at radius 1 is 0.929 bits per heavy atom. The van der Waals surface area contributed by atoms with E-state index in [1.165, 1.54) is 30.3 Å². The molecule has 0 bridgehead atoms. The van der Waals surface area contributed by atoms with Crippen molar-refractivity contribution in [1.29, 1.82) is 0 Å². The Labute approximate surface area is 160 Å². The number of ketones is 1. The van der Waals surface area contributed by atoms with Crippen molar-refractivity contribution in [3.8, 4) is 10.6 Å². The summed E-state index contributed by atoms with van der Waals surface area (Å²) in [7, 11) is 0. The molecule has 140 valence electrons. The summed E-state index contributed by atoms with van der Waals surface area (Å²) in [6.45, 7) is 0. The first-order chi connectivity index (χ1) is 13.3. The summed E-state index contributed by atoms with van der Waals surface area (Å²) in [5, 5.41) is 31.7. The van der Waals surface area contributed by atoms with Crippen LogP contribution < -0.4 is 5.32 Å². The van der Waals surface area contributed by atoms with E-state index in [1.807, 2.05) is 0 Å². The number of rotatable bonds is 6. The van der Waals surface area contributed by atoms with Crippen molar-refractivity contribution >= 4 is 39.5 Å². The number of nitro benzene ring substituents is 2. The van der Waals surface area contributed by atoms with Crippen molar-refractivity contribution < 1.29 is 19.4 Å². The standard InChI is InChI=1S/C16H9N5O6S/c22-13(9-4-6-11(7-5-9)20(24)25)14(23)17-16-19-18-15(28-16)10-2-1-3-12(8-10)21(26)27/h1-8H,(H,17,19,23). The average Bonchev–Trinajstić information content (AvgIpc) is 3.16. The number of Topliss-reactive ketones (excluding diaryl/α,β-unsaturated/α-hetero) is 1. The van der Waals surface area contributed by atoms with Crippen LogP contribution in [0.3, 0.4) is 0 Å². The monoisotopic (exact) mass is 399 g/mol. The van der Waals surface area contributed by atoms with Crippen LogP contribution in [-0.2, 0) is 4.79 Å². The fourth-order valence-corrected chi connectivity index (χ4v) is 2.90. The summed E-state index contributed by atoms with van der Waals surface area (Å²) in [6.07, 6.45) is 0. The quantitative estimate of drug-likeness (QED) is 0.287. The Morgan fingerprint density at radius 2 is 1.61 bits per heavy atom. The molecule has 1 amide bonds. The molecule has 1 heterocycles. The largest absolute Gasteiger partial charge is 0.298 e. The van der Waals surface area contributed by atoms with Gasteiger partial charge in [0.2, 0.25) is 5.13 Å². The number of anilines is 1. The minimum atomic E-state index is -0.990. The van der Waals surface area contributed by atoms with Gasteiger partial charge in [0.15, 0.2) is 0 Å². The second-order valence-corrected chi connectivity index (χ2v) is 6.28. The molecule has 1 N–H and O–H groups in total. The Kier molecular flexibility index (Phi) is 5.13. The number of carbonyl (C=O) groups is 2. The van der Waals surface area contributed by atoms with Crippen LogP contribution in [0.15, 0.2) is 48.5 Å². The molecule has 2 aromatic carbocycles. The summed E-state index contributed by atoms with van der Waals surface area (Å²) in [4.78, 5) is 44.5. The molecule has 0 saturated heterocycles. The predicted octanol–water partition coefficient (Wildman–Crippen LogP) is 2.84. The van der Waals surface area contributed by atoms with E-state index in [1.54, 1.807) is 6.07 Å². The molecule has 0 unspecified atom stereocenters. The molecule has 3 rings (SSSR count). The first kappa shape index (κ1) is 18.7. The SMILES string of the molecule is O=C(Nc1nnc(-c2cccc([N+](=O)[O-])c2)s1)C(=O)c1ccc([N+](=O)[O-])cc1. The van der Waals surface area contributed by atoms with Crippen LogP contribution in [-0.4, -0.2) is 31.7 Å². The maximum atomic E-state index is 12.1. The van der Waals surface area contributed by atoms with Crippen molar-refractivity contribution in [3.05, 3.63) is 74.3 Å². The molecule has 0 atom stereocenters. The third-order valence-corrected chi connectivity index (χ3v) is 4.38. The minimum Gasteiger partial charge on any atom is -0.293 e. The number of nitrogens with one attached hydrogen (secondary N) is 1. The second-order valence-electron chi connectivity index (χ2n) is 5.31. The van der Waals surface area contributed by atoms with E-state index in [0.717, 1.165) is 23.5 Å². The molecule has 0 aliphatic heterocycles. The highest BCUT2D eigenvalue weighted by Crippen LogP contribution is 2.28. The summed E-state index contributed by atoms with van der Waals surface area (Å²) < 4.78 is 0. The zero-order valence-corrected chi connectivity index (χ0v) is 14.6. The lowest BCUT2D eigenvalue weighted by molar-refractivity contribution is -0.385. The molecule has 1 aromatic heterocycles. The molecular formula is C16H9N5O6S. The molecule has 0 radical (unpaired) electrons. The zero-order chi connectivity index (χ0) is 20.3. The Bertz CT molecular complexity index is 1090. The molecule has 11 nitrogen and oxygen atoms in total. The van der Waals surface area contributed by atoms with Crippen molar-refractivity contribution in [2.24, 2.45) is 0 Å². The fraction of sp³-hybridized carbons (Fsp3) is 0.